The molecule has 2 N–H and O–H groups in total. The second-order valence-electron chi connectivity index (χ2n) is 5.59. The van der Waals surface area contributed by atoms with Crippen LogP contribution in [0.2, 0.25) is 0 Å². The molecular weight excluding hydrogens is 242 g/mol. The first kappa shape index (κ1) is 13.6. The maximum Gasteiger partial charge on any atom is 0.335 e. The molecule has 0 radical (unpaired) electrons. The van der Waals surface area contributed by atoms with Gasteiger partial charge in [0, 0.05) is 13.0 Å². The SMILES string of the molecule is CC1(CNC(=O)CCc2ccc(C(=O)O)cc2)CC1. The molecule has 19 heavy (non-hydrogen) atoms. The van der Waals surface area contributed by atoms with Gasteiger partial charge in [0.25, 0.3) is 0 Å². The van der Waals surface area contributed by atoms with Gasteiger partial charge in [0.1, 0.15) is 0 Å². The van der Waals surface area contributed by atoms with E-state index in [9.17, 15) is 9.59 Å². The number of aromatic carboxylic acids is 1. The van der Waals surface area contributed by atoms with Crippen LogP contribution in [-0.2, 0) is 11.2 Å². The van der Waals surface area contributed by atoms with E-state index in [4.69, 9.17) is 5.11 Å². The van der Waals surface area contributed by atoms with Gasteiger partial charge >= 0.3 is 5.97 Å². The number of carbonyl (C=O) groups excluding carboxylic acids is 1. The maximum absolute atomic E-state index is 11.7. The number of amides is 1. The summed E-state index contributed by atoms with van der Waals surface area (Å²) < 4.78 is 0. The van der Waals surface area contributed by atoms with Crippen LogP contribution in [0.4, 0.5) is 0 Å². The van der Waals surface area contributed by atoms with Gasteiger partial charge in [-0.3, -0.25) is 4.79 Å². The van der Waals surface area contributed by atoms with E-state index in [1.165, 1.54) is 12.8 Å². The van der Waals surface area contributed by atoms with Gasteiger partial charge in [-0.1, -0.05) is 19.1 Å². The van der Waals surface area contributed by atoms with E-state index >= 15 is 0 Å². The highest BCUT2D eigenvalue weighted by Gasteiger charge is 2.37. The molecule has 1 aromatic rings. The second kappa shape index (κ2) is 5.43. The number of aryl methyl sites for hydroxylation is 1. The highest BCUT2D eigenvalue weighted by molar-refractivity contribution is 5.87. The van der Waals surface area contributed by atoms with Crippen LogP contribution in [0.3, 0.4) is 0 Å². The number of benzene rings is 1. The molecule has 0 heterocycles. The van der Waals surface area contributed by atoms with Crippen molar-refractivity contribution in [3.63, 3.8) is 0 Å². The molecule has 0 bridgehead atoms. The fraction of sp³-hybridized carbons (Fsp3) is 0.467. The molecule has 0 aliphatic heterocycles. The van der Waals surface area contributed by atoms with Gasteiger partial charge in [0.05, 0.1) is 5.56 Å². The topological polar surface area (TPSA) is 66.4 Å². The molecule has 0 saturated heterocycles. The molecule has 0 spiro atoms. The Balaban J connectivity index is 1.75. The largest absolute Gasteiger partial charge is 0.478 e. The lowest BCUT2D eigenvalue weighted by Gasteiger charge is -2.10. The molecule has 0 atom stereocenters. The third-order valence-corrected chi connectivity index (χ3v) is 3.66. The monoisotopic (exact) mass is 261 g/mol. The maximum atomic E-state index is 11.7. The van der Waals surface area contributed by atoms with E-state index in [1.54, 1.807) is 24.3 Å². The van der Waals surface area contributed by atoms with Crippen molar-refractivity contribution in [1.82, 2.24) is 5.32 Å². The Kier molecular flexibility index (Phi) is 3.88. The van der Waals surface area contributed by atoms with Crippen molar-refractivity contribution >= 4 is 11.9 Å². The van der Waals surface area contributed by atoms with Crippen molar-refractivity contribution < 1.29 is 14.7 Å². The van der Waals surface area contributed by atoms with E-state index in [1.807, 2.05) is 0 Å². The molecule has 1 saturated carbocycles. The number of carbonyl (C=O) groups is 2. The predicted octanol–water partition coefficient (Wildman–Crippen LogP) is 2.23. The zero-order valence-electron chi connectivity index (χ0n) is 11.1. The van der Waals surface area contributed by atoms with Crippen LogP contribution in [0, 0.1) is 5.41 Å². The smallest absolute Gasteiger partial charge is 0.335 e. The summed E-state index contributed by atoms with van der Waals surface area (Å²) in [4.78, 5) is 22.4. The summed E-state index contributed by atoms with van der Waals surface area (Å²) in [5.74, 6) is -0.864. The molecule has 1 fully saturated rings. The zero-order chi connectivity index (χ0) is 13.9. The number of rotatable bonds is 6. The number of carboxylic acid groups (broad SMARTS) is 1. The first-order valence-electron chi connectivity index (χ1n) is 6.57. The van der Waals surface area contributed by atoms with Crippen LogP contribution in [0.1, 0.15) is 42.1 Å². The van der Waals surface area contributed by atoms with Crippen molar-refractivity contribution in [2.75, 3.05) is 6.54 Å². The minimum absolute atomic E-state index is 0.0652. The lowest BCUT2D eigenvalue weighted by Crippen LogP contribution is -2.29. The molecule has 0 aromatic heterocycles. The third kappa shape index (κ3) is 4.09. The molecule has 4 heteroatoms. The average Bonchev–Trinajstić information content (AvgIpc) is 3.13. The Labute approximate surface area is 112 Å². The Hall–Kier alpha value is -1.84. The normalized spacial score (nSPS) is 15.8. The molecule has 102 valence electrons. The first-order valence-corrected chi connectivity index (χ1v) is 6.57. The summed E-state index contributed by atoms with van der Waals surface area (Å²) in [7, 11) is 0. The van der Waals surface area contributed by atoms with Crippen LogP contribution in [0.5, 0.6) is 0 Å². The number of hydrogen-bond donors (Lipinski definition) is 2. The van der Waals surface area contributed by atoms with Crippen molar-refractivity contribution in [2.24, 2.45) is 5.41 Å². The summed E-state index contributed by atoms with van der Waals surface area (Å²) >= 11 is 0. The minimum Gasteiger partial charge on any atom is -0.478 e. The summed E-state index contributed by atoms with van der Waals surface area (Å²) in [6.45, 7) is 2.95. The lowest BCUT2D eigenvalue weighted by atomic mass is 10.1. The van der Waals surface area contributed by atoms with E-state index in [0.717, 1.165) is 12.1 Å². The van der Waals surface area contributed by atoms with Gasteiger partial charge in [0.2, 0.25) is 5.91 Å². The summed E-state index contributed by atoms with van der Waals surface area (Å²) in [5.41, 5.74) is 1.59. The van der Waals surface area contributed by atoms with Gasteiger partial charge in [-0.2, -0.15) is 0 Å². The quantitative estimate of drug-likeness (QED) is 0.825. The van der Waals surface area contributed by atoms with Gasteiger partial charge < -0.3 is 10.4 Å². The van der Waals surface area contributed by atoms with Gasteiger partial charge in [-0.05, 0) is 42.4 Å². The fourth-order valence-electron chi connectivity index (χ4n) is 1.86. The zero-order valence-corrected chi connectivity index (χ0v) is 11.1. The summed E-state index contributed by atoms with van der Waals surface area (Å²) in [6, 6.07) is 6.67. The van der Waals surface area contributed by atoms with Gasteiger partial charge in [-0.25, -0.2) is 4.79 Å². The number of carboxylic acids is 1. The highest BCUT2D eigenvalue weighted by atomic mass is 16.4. The Morgan fingerprint density at radius 1 is 1.26 bits per heavy atom. The lowest BCUT2D eigenvalue weighted by molar-refractivity contribution is -0.121. The third-order valence-electron chi connectivity index (χ3n) is 3.66. The Morgan fingerprint density at radius 2 is 1.89 bits per heavy atom. The summed E-state index contributed by atoms with van der Waals surface area (Å²) in [6.07, 6.45) is 3.48. The van der Waals surface area contributed by atoms with Crippen LogP contribution >= 0.6 is 0 Å². The minimum atomic E-state index is -0.929. The standard InChI is InChI=1S/C15H19NO3/c1-15(8-9-15)10-16-13(17)7-4-11-2-5-12(6-3-11)14(18)19/h2-3,5-6H,4,7-10H2,1H3,(H,16,17)(H,18,19). The van der Waals surface area contributed by atoms with Crippen molar-refractivity contribution in [3.8, 4) is 0 Å². The molecule has 4 nitrogen and oxygen atoms in total. The van der Waals surface area contributed by atoms with E-state index < -0.39 is 5.97 Å². The van der Waals surface area contributed by atoms with Crippen molar-refractivity contribution in [1.29, 1.82) is 0 Å². The van der Waals surface area contributed by atoms with E-state index in [-0.39, 0.29) is 11.5 Å². The molecule has 1 aromatic carbocycles. The van der Waals surface area contributed by atoms with Crippen molar-refractivity contribution in [3.05, 3.63) is 35.4 Å². The number of hydrogen-bond acceptors (Lipinski definition) is 2. The Bertz CT molecular complexity index is 475. The first-order chi connectivity index (χ1) is 8.98. The van der Waals surface area contributed by atoms with Crippen LogP contribution in [0.25, 0.3) is 0 Å². The number of nitrogens with one attached hydrogen (secondary N) is 1. The highest BCUT2D eigenvalue weighted by Crippen LogP contribution is 2.43. The second-order valence-corrected chi connectivity index (χ2v) is 5.59. The van der Waals surface area contributed by atoms with Gasteiger partial charge in [0.15, 0.2) is 0 Å². The van der Waals surface area contributed by atoms with Crippen LogP contribution < -0.4 is 5.32 Å². The van der Waals surface area contributed by atoms with Crippen molar-refractivity contribution in [2.45, 2.75) is 32.6 Å². The Morgan fingerprint density at radius 3 is 2.42 bits per heavy atom. The van der Waals surface area contributed by atoms with Gasteiger partial charge in [-0.15, -0.1) is 0 Å². The van der Waals surface area contributed by atoms with E-state index in [2.05, 4.69) is 12.2 Å². The average molecular weight is 261 g/mol. The van der Waals surface area contributed by atoms with Crippen LogP contribution in [-0.4, -0.2) is 23.5 Å². The molecule has 2 rings (SSSR count). The van der Waals surface area contributed by atoms with E-state index in [0.29, 0.717) is 18.3 Å². The molecular formula is C15H19NO3. The fourth-order valence-corrected chi connectivity index (χ4v) is 1.86. The molecule has 1 aliphatic carbocycles. The predicted molar refractivity (Wildman–Crippen MR) is 72.1 cm³/mol. The molecule has 0 unspecified atom stereocenters. The molecule has 1 amide bonds. The molecule has 1 aliphatic rings. The van der Waals surface area contributed by atoms with Crippen LogP contribution in [0.15, 0.2) is 24.3 Å². The summed E-state index contributed by atoms with van der Waals surface area (Å²) in [5, 5.41) is 11.7.